The minimum absolute atomic E-state index is 0.0311. The Kier molecular flexibility index (Phi) is 5.03. The number of carbonyl (C=O) groups is 1. The van der Waals surface area contributed by atoms with Gasteiger partial charge in [0.25, 0.3) is 0 Å². The number of benzene rings is 2. The topological polar surface area (TPSA) is 75.4 Å². The Hall–Kier alpha value is -3.45. The lowest BCUT2D eigenvalue weighted by molar-refractivity contribution is -0.118. The first-order valence-electron chi connectivity index (χ1n) is 10.1. The maximum Gasteiger partial charge on any atom is 0.228 e. The summed E-state index contributed by atoms with van der Waals surface area (Å²) < 4.78 is 5.83. The van der Waals surface area contributed by atoms with Crippen molar-refractivity contribution in [2.24, 2.45) is 0 Å². The van der Waals surface area contributed by atoms with Crippen LogP contribution in [0.25, 0.3) is 22.4 Å². The van der Waals surface area contributed by atoms with Gasteiger partial charge in [0.15, 0.2) is 23.3 Å². The van der Waals surface area contributed by atoms with E-state index in [9.17, 15) is 4.79 Å². The van der Waals surface area contributed by atoms with E-state index in [1.54, 1.807) is 17.2 Å². The molecule has 1 aliphatic heterocycles. The molecule has 5 rings (SSSR count). The van der Waals surface area contributed by atoms with Gasteiger partial charge < -0.3 is 9.32 Å². The average Bonchev–Trinajstić information content (AvgIpc) is 3.26. The monoisotopic (exact) mass is 433 g/mol. The number of nitrogens with zero attached hydrogens (tertiary/aromatic N) is 5. The minimum atomic E-state index is -0.0311. The second-order valence-electron chi connectivity index (χ2n) is 7.42. The molecule has 1 aliphatic rings. The molecule has 31 heavy (non-hydrogen) atoms. The van der Waals surface area contributed by atoms with Crippen LogP contribution in [0.1, 0.15) is 12.3 Å². The third-order valence-corrected chi connectivity index (χ3v) is 5.69. The molecule has 1 amide bonds. The third-order valence-electron chi connectivity index (χ3n) is 5.36. The molecule has 3 heterocycles. The molecular weight excluding hydrogens is 414 g/mol. The summed E-state index contributed by atoms with van der Waals surface area (Å²) in [7, 11) is 1.97. The van der Waals surface area contributed by atoms with Gasteiger partial charge in [-0.2, -0.15) is 0 Å². The molecule has 8 heteroatoms. The van der Waals surface area contributed by atoms with E-state index in [4.69, 9.17) is 26.0 Å². The number of aromatic nitrogens is 3. The van der Waals surface area contributed by atoms with Crippen molar-refractivity contribution >= 4 is 40.2 Å². The highest BCUT2D eigenvalue weighted by Crippen LogP contribution is 2.31. The summed E-state index contributed by atoms with van der Waals surface area (Å²) >= 11 is 6.23. The predicted molar refractivity (Wildman–Crippen MR) is 120 cm³/mol. The lowest BCUT2D eigenvalue weighted by Gasteiger charge is -2.33. The van der Waals surface area contributed by atoms with Gasteiger partial charge in [-0.05, 0) is 24.3 Å². The van der Waals surface area contributed by atoms with Gasteiger partial charge >= 0.3 is 0 Å². The number of hydrogen-bond donors (Lipinski definition) is 0. The smallest absolute Gasteiger partial charge is 0.228 e. The van der Waals surface area contributed by atoms with Crippen molar-refractivity contribution in [3.05, 3.63) is 65.6 Å². The zero-order valence-corrected chi connectivity index (χ0v) is 17.7. The molecule has 0 saturated heterocycles. The first-order chi connectivity index (χ1) is 15.1. The fourth-order valence-corrected chi connectivity index (χ4v) is 3.91. The van der Waals surface area contributed by atoms with Gasteiger partial charge in [-0.1, -0.05) is 35.9 Å². The number of likely N-dealkylation sites (N-methyl/N-ethyl adjacent to an activating group) is 1. The number of aryl methyl sites for hydroxylation is 1. The number of halogens is 1. The summed E-state index contributed by atoms with van der Waals surface area (Å²) in [5, 5.41) is 0.598. The van der Waals surface area contributed by atoms with Gasteiger partial charge in [-0.3, -0.25) is 9.69 Å². The highest BCUT2D eigenvalue weighted by Gasteiger charge is 2.28. The molecule has 2 aromatic heterocycles. The van der Waals surface area contributed by atoms with Gasteiger partial charge in [0.05, 0.1) is 22.3 Å². The maximum absolute atomic E-state index is 13.1. The van der Waals surface area contributed by atoms with Crippen molar-refractivity contribution in [2.45, 2.75) is 12.8 Å². The Bertz CT molecular complexity index is 1270. The van der Waals surface area contributed by atoms with E-state index in [0.29, 0.717) is 42.0 Å². The van der Waals surface area contributed by atoms with Crippen molar-refractivity contribution in [3.63, 3.8) is 0 Å². The van der Waals surface area contributed by atoms with Crippen LogP contribution in [0, 0.1) is 0 Å². The first-order valence-corrected chi connectivity index (χ1v) is 10.5. The third kappa shape index (κ3) is 3.72. The highest BCUT2D eigenvalue weighted by atomic mass is 35.5. The number of hydrogen-bond acceptors (Lipinski definition) is 6. The molecule has 0 atom stereocenters. The lowest BCUT2D eigenvalue weighted by atomic mass is 10.2. The predicted octanol–water partition coefficient (Wildman–Crippen LogP) is 4.35. The summed E-state index contributed by atoms with van der Waals surface area (Å²) in [6.45, 7) is 1.26. The summed E-state index contributed by atoms with van der Waals surface area (Å²) in [6, 6.07) is 15.1. The van der Waals surface area contributed by atoms with E-state index in [-0.39, 0.29) is 12.3 Å². The molecule has 4 aromatic rings. The Balaban J connectivity index is 1.35. The average molecular weight is 434 g/mol. The van der Waals surface area contributed by atoms with Crippen molar-refractivity contribution in [1.82, 2.24) is 15.0 Å². The second kappa shape index (κ2) is 8.00. The van der Waals surface area contributed by atoms with E-state index in [2.05, 4.69) is 4.98 Å². The summed E-state index contributed by atoms with van der Waals surface area (Å²) in [6.07, 6.45) is 2.30. The van der Waals surface area contributed by atoms with Crippen LogP contribution in [0.15, 0.2) is 59.1 Å². The molecule has 0 bridgehead atoms. The zero-order valence-electron chi connectivity index (χ0n) is 17.0. The van der Waals surface area contributed by atoms with Crippen LogP contribution in [0.4, 0.5) is 11.6 Å². The SMILES string of the molecule is CN1CCN(C(=O)CCc2ncc(-c3ccccc3Cl)o2)c2nc3ccccc3nc21. The second-order valence-corrected chi connectivity index (χ2v) is 7.83. The largest absolute Gasteiger partial charge is 0.441 e. The zero-order chi connectivity index (χ0) is 21.4. The van der Waals surface area contributed by atoms with E-state index in [1.807, 2.05) is 54.4 Å². The van der Waals surface area contributed by atoms with Crippen molar-refractivity contribution in [2.75, 3.05) is 29.9 Å². The van der Waals surface area contributed by atoms with Crippen molar-refractivity contribution in [1.29, 1.82) is 0 Å². The van der Waals surface area contributed by atoms with Crippen LogP contribution in [-0.4, -0.2) is 41.0 Å². The normalized spacial score (nSPS) is 13.5. The molecule has 156 valence electrons. The minimum Gasteiger partial charge on any atom is -0.441 e. The van der Waals surface area contributed by atoms with E-state index < -0.39 is 0 Å². The van der Waals surface area contributed by atoms with Gasteiger partial charge in [-0.25, -0.2) is 15.0 Å². The fourth-order valence-electron chi connectivity index (χ4n) is 3.68. The molecule has 0 aliphatic carbocycles. The summed E-state index contributed by atoms with van der Waals surface area (Å²) in [5.74, 6) is 2.38. The van der Waals surface area contributed by atoms with Crippen molar-refractivity contribution < 1.29 is 9.21 Å². The van der Waals surface area contributed by atoms with Gasteiger partial charge in [0, 0.05) is 38.5 Å². The molecule has 0 spiro atoms. The van der Waals surface area contributed by atoms with E-state index in [1.165, 1.54) is 0 Å². The van der Waals surface area contributed by atoms with Gasteiger partial charge in [-0.15, -0.1) is 0 Å². The molecule has 0 unspecified atom stereocenters. The Morgan fingerprint density at radius 3 is 2.52 bits per heavy atom. The highest BCUT2D eigenvalue weighted by molar-refractivity contribution is 6.33. The number of amides is 1. The molecular formula is C23H20ClN5O2. The molecule has 0 radical (unpaired) electrons. The Morgan fingerprint density at radius 1 is 1.03 bits per heavy atom. The Labute approximate surface area is 184 Å². The first kappa shape index (κ1) is 19.5. The number of carbonyl (C=O) groups excluding carboxylic acids is 1. The van der Waals surface area contributed by atoms with Gasteiger partial charge in [0.1, 0.15) is 0 Å². The molecule has 0 N–H and O–H groups in total. The van der Waals surface area contributed by atoms with Crippen LogP contribution in [-0.2, 0) is 11.2 Å². The van der Waals surface area contributed by atoms with Crippen LogP contribution >= 0.6 is 11.6 Å². The molecule has 0 fully saturated rings. The van der Waals surface area contributed by atoms with Crippen LogP contribution in [0.2, 0.25) is 5.02 Å². The van der Waals surface area contributed by atoms with Crippen LogP contribution in [0.3, 0.4) is 0 Å². The van der Waals surface area contributed by atoms with Gasteiger partial charge in [0.2, 0.25) is 5.91 Å². The number of fused-ring (bicyclic) bond motifs is 2. The number of oxazole rings is 1. The maximum atomic E-state index is 13.1. The molecule has 0 saturated carbocycles. The quantitative estimate of drug-likeness (QED) is 0.476. The van der Waals surface area contributed by atoms with Crippen LogP contribution < -0.4 is 9.80 Å². The Morgan fingerprint density at radius 2 is 1.74 bits per heavy atom. The van der Waals surface area contributed by atoms with E-state index in [0.717, 1.165) is 22.4 Å². The van der Waals surface area contributed by atoms with Crippen LogP contribution in [0.5, 0.6) is 0 Å². The number of rotatable bonds is 4. The standard InChI is InChI=1S/C23H20ClN5O2/c1-28-12-13-29(23-22(28)26-17-8-4-5-9-18(17)27-23)21(30)11-10-20-25-14-19(31-20)15-6-2-3-7-16(15)24/h2-9,14H,10-13H2,1H3. The van der Waals surface area contributed by atoms with Crippen molar-refractivity contribution in [3.8, 4) is 11.3 Å². The summed E-state index contributed by atoms with van der Waals surface area (Å²) in [5.41, 5.74) is 2.37. The number of para-hydroxylation sites is 2. The lowest BCUT2D eigenvalue weighted by Crippen LogP contribution is -2.43. The fraction of sp³-hybridized carbons (Fsp3) is 0.217. The molecule has 2 aromatic carbocycles. The summed E-state index contributed by atoms with van der Waals surface area (Å²) in [4.78, 5) is 30.6. The van der Waals surface area contributed by atoms with E-state index >= 15 is 0 Å². The molecule has 7 nitrogen and oxygen atoms in total. The number of anilines is 2.